The van der Waals surface area contributed by atoms with E-state index in [1.807, 2.05) is 36.5 Å². The smallest absolute Gasteiger partial charge is 0.269 e. The molecule has 2 rings (SSSR count). The number of nitrogens with one attached hydrogen (secondary N) is 1. The molecule has 0 radical (unpaired) electrons. The third kappa shape index (κ3) is 1.79. The van der Waals surface area contributed by atoms with E-state index in [4.69, 9.17) is 0 Å². The van der Waals surface area contributed by atoms with Crippen LogP contribution in [0.1, 0.15) is 11.1 Å². The van der Waals surface area contributed by atoms with Crippen molar-refractivity contribution in [2.75, 3.05) is 0 Å². The Balaban J connectivity index is 2.16. The molecule has 1 N–H and O–H groups in total. The molecule has 0 saturated carbocycles. The van der Waals surface area contributed by atoms with Crippen molar-refractivity contribution in [1.29, 1.82) is 0 Å². The highest BCUT2D eigenvalue weighted by atomic mass is 16.2. The van der Waals surface area contributed by atoms with Crippen LogP contribution in [0.5, 0.6) is 0 Å². The molecule has 5 heteroatoms. The maximum Gasteiger partial charge on any atom is 0.331 e. The Morgan fingerprint density at radius 3 is 2.25 bits per heavy atom. The molecule has 1 fully saturated rings. The molecule has 1 aromatic carbocycles. The van der Waals surface area contributed by atoms with Gasteiger partial charge in [0.1, 0.15) is 0 Å². The SMILES string of the molecule is Cc1ccc(CN2C(=O)NC(=O)C2=O)cc1. The van der Waals surface area contributed by atoms with Gasteiger partial charge < -0.3 is 0 Å². The molecule has 1 saturated heterocycles. The number of benzene rings is 1. The summed E-state index contributed by atoms with van der Waals surface area (Å²) in [6.07, 6.45) is 0. The summed E-state index contributed by atoms with van der Waals surface area (Å²) in [5.41, 5.74) is 1.90. The Kier molecular flexibility index (Phi) is 2.44. The van der Waals surface area contributed by atoms with E-state index in [-0.39, 0.29) is 6.54 Å². The zero-order valence-electron chi connectivity index (χ0n) is 8.69. The minimum absolute atomic E-state index is 0.122. The molecule has 0 aliphatic carbocycles. The Bertz CT molecular complexity index is 465. The number of rotatable bonds is 2. The lowest BCUT2D eigenvalue weighted by Gasteiger charge is -2.11. The van der Waals surface area contributed by atoms with Crippen LogP contribution in [0, 0.1) is 6.92 Å². The van der Waals surface area contributed by atoms with Crippen LogP contribution in [0.25, 0.3) is 0 Å². The predicted octanol–water partition coefficient (Wildman–Crippen LogP) is 0.573. The number of carbonyl (C=O) groups is 3. The molecule has 0 spiro atoms. The van der Waals surface area contributed by atoms with Gasteiger partial charge in [0, 0.05) is 0 Å². The van der Waals surface area contributed by atoms with E-state index in [1.165, 1.54) is 0 Å². The summed E-state index contributed by atoms with van der Waals surface area (Å²) in [7, 11) is 0. The van der Waals surface area contributed by atoms with Crippen molar-refractivity contribution in [2.24, 2.45) is 0 Å². The van der Waals surface area contributed by atoms with Crippen LogP contribution in [-0.4, -0.2) is 22.7 Å². The van der Waals surface area contributed by atoms with Gasteiger partial charge in [-0.1, -0.05) is 29.8 Å². The molecule has 4 amide bonds. The number of urea groups is 1. The molecule has 0 aromatic heterocycles. The Labute approximate surface area is 92.0 Å². The van der Waals surface area contributed by atoms with E-state index < -0.39 is 17.8 Å². The molecule has 0 atom stereocenters. The number of aryl methyl sites for hydroxylation is 1. The summed E-state index contributed by atoms with van der Waals surface area (Å²) < 4.78 is 0. The van der Waals surface area contributed by atoms with Crippen molar-refractivity contribution in [3.63, 3.8) is 0 Å². The minimum atomic E-state index is -0.864. The Morgan fingerprint density at radius 1 is 1.12 bits per heavy atom. The van der Waals surface area contributed by atoms with Gasteiger partial charge in [-0.15, -0.1) is 0 Å². The first-order chi connectivity index (χ1) is 7.58. The first kappa shape index (κ1) is 10.4. The highest BCUT2D eigenvalue weighted by molar-refractivity contribution is 6.44. The normalized spacial score (nSPS) is 15.6. The molecule has 16 heavy (non-hydrogen) atoms. The van der Waals surface area contributed by atoms with Gasteiger partial charge in [-0.2, -0.15) is 0 Å². The quantitative estimate of drug-likeness (QED) is 0.583. The van der Waals surface area contributed by atoms with E-state index >= 15 is 0 Å². The zero-order chi connectivity index (χ0) is 11.7. The highest BCUT2D eigenvalue weighted by Crippen LogP contribution is 2.10. The van der Waals surface area contributed by atoms with Gasteiger partial charge in [0.15, 0.2) is 0 Å². The minimum Gasteiger partial charge on any atom is -0.269 e. The van der Waals surface area contributed by atoms with E-state index in [0.29, 0.717) is 0 Å². The Morgan fingerprint density at radius 2 is 1.75 bits per heavy atom. The van der Waals surface area contributed by atoms with Crippen molar-refractivity contribution in [2.45, 2.75) is 13.5 Å². The van der Waals surface area contributed by atoms with E-state index in [9.17, 15) is 14.4 Å². The second kappa shape index (κ2) is 3.77. The molecule has 0 unspecified atom stereocenters. The first-order valence-electron chi connectivity index (χ1n) is 4.80. The summed E-state index contributed by atoms with van der Waals surface area (Å²) in [4.78, 5) is 34.3. The lowest BCUT2D eigenvalue weighted by Crippen LogP contribution is -2.30. The molecular formula is C11H10N2O3. The van der Waals surface area contributed by atoms with Crippen LogP contribution in [0.3, 0.4) is 0 Å². The fourth-order valence-electron chi connectivity index (χ4n) is 1.45. The average molecular weight is 218 g/mol. The van der Waals surface area contributed by atoms with Crippen LogP contribution >= 0.6 is 0 Å². The predicted molar refractivity (Wildman–Crippen MR) is 55.3 cm³/mol. The second-order valence-corrected chi connectivity index (χ2v) is 3.64. The third-order valence-corrected chi connectivity index (χ3v) is 2.37. The number of hydrogen-bond donors (Lipinski definition) is 1. The number of amides is 4. The number of hydrogen-bond acceptors (Lipinski definition) is 3. The maximum absolute atomic E-state index is 11.3. The monoisotopic (exact) mass is 218 g/mol. The number of imide groups is 2. The lowest BCUT2D eigenvalue weighted by atomic mass is 10.1. The van der Waals surface area contributed by atoms with Crippen LogP contribution in [0.15, 0.2) is 24.3 Å². The number of nitrogens with zero attached hydrogens (tertiary/aromatic N) is 1. The summed E-state index contributed by atoms with van der Waals surface area (Å²) in [6, 6.07) is 6.75. The van der Waals surface area contributed by atoms with Gasteiger partial charge in [-0.3, -0.25) is 19.8 Å². The second-order valence-electron chi connectivity index (χ2n) is 3.64. The van der Waals surface area contributed by atoms with Crippen molar-refractivity contribution < 1.29 is 14.4 Å². The van der Waals surface area contributed by atoms with Crippen molar-refractivity contribution >= 4 is 17.8 Å². The molecule has 1 aromatic rings. The van der Waals surface area contributed by atoms with Gasteiger partial charge in [-0.25, -0.2) is 4.79 Å². The molecule has 1 heterocycles. The summed E-state index contributed by atoms with van der Waals surface area (Å²) >= 11 is 0. The standard InChI is InChI=1S/C11H10N2O3/c1-7-2-4-8(5-3-7)6-13-10(15)9(14)12-11(13)16/h2-5H,6H2,1H3,(H,12,14,16). The summed E-state index contributed by atoms with van der Waals surface area (Å²) in [5, 5.41) is 1.95. The first-order valence-corrected chi connectivity index (χ1v) is 4.80. The van der Waals surface area contributed by atoms with Crippen LogP contribution < -0.4 is 5.32 Å². The van der Waals surface area contributed by atoms with E-state index in [2.05, 4.69) is 0 Å². The largest absolute Gasteiger partial charge is 0.331 e. The molecule has 0 bridgehead atoms. The highest BCUT2D eigenvalue weighted by Gasteiger charge is 2.36. The molecule has 5 nitrogen and oxygen atoms in total. The molecule has 82 valence electrons. The third-order valence-electron chi connectivity index (χ3n) is 2.37. The molecule has 1 aliphatic heterocycles. The van der Waals surface area contributed by atoms with Crippen LogP contribution in [0.4, 0.5) is 4.79 Å². The van der Waals surface area contributed by atoms with Gasteiger partial charge in [0.2, 0.25) is 0 Å². The van der Waals surface area contributed by atoms with Crippen LogP contribution in [0.2, 0.25) is 0 Å². The van der Waals surface area contributed by atoms with E-state index in [0.717, 1.165) is 16.0 Å². The fraction of sp³-hybridized carbons (Fsp3) is 0.182. The van der Waals surface area contributed by atoms with Crippen molar-refractivity contribution in [3.8, 4) is 0 Å². The Hall–Kier alpha value is -2.17. The zero-order valence-corrected chi connectivity index (χ0v) is 8.69. The molecule has 1 aliphatic rings. The van der Waals surface area contributed by atoms with E-state index in [1.54, 1.807) is 0 Å². The number of carbonyl (C=O) groups excluding carboxylic acids is 3. The average Bonchev–Trinajstić information content (AvgIpc) is 2.48. The van der Waals surface area contributed by atoms with Crippen molar-refractivity contribution in [3.05, 3.63) is 35.4 Å². The van der Waals surface area contributed by atoms with Gasteiger partial charge >= 0.3 is 17.8 Å². The van der Waals surface area contributed by atoms with Gasteiger partial charge in [0.05, 0.1) is 6.54 Å². The summed E-state index contributed by atoms with van der Waals surface area (Å²) in [6.45, 7) is 2.07. The van der Waals surface area contributed by atoms with Crippen molar-refractivity contribution in [1.82, 2.24) is 10.2 Å². The van der Waals surface area contributed by atoms with Crippen LogP contribution in [-0.2, 0) is 16.1 Å². The molecular weight excluding hydrogens is 208 g/mol. The maximum atomic E-state index is 11.3. The van der Waals surface area contributed by atoms with Gasteiger partial charge in [-0.05, 0) is 12.5 Å². The lowest BCUT2D eigenvalue weighted by molar-refractivity contribution is -0.140. The fourth-order valence-corrected chi connectivity index (χ4v) is 1.45. The van der Waals surface area contributed by atoms with Gasteiger partial charge in [0.25, 0.3) is 0 Å². The topological polar surface area (TPSA) is 66.5 Å². The summed E-state index contributed by atoms with van der Waals surface area (Å²) in [5.74, 6) is -1.66.